The number of carbonyl (C=O) groups excluding carboxylic acids is 4. The smallest absolute Gasteiger partial charge is 0.332 e. The van der Waals surface area contributed by atoms with Crippen LogP contribution in [-0.2, 0) is 23.9 Å². The number of hydrogen-bond acceptors (Lipinski definition) is 7. The highest BCUT2D eigenvalue weighted by Gasteiger charge is 2.44. The zero-order valence-electron chi connectivity index (χ0n) is 26.1. The normalized spacial score (nSPS) is 29.8. The van der Waals surface area contributed by atoms with E-state index in [0.717, 1.165) is 38.5 Å². The number of amides is 2. The molecule has 0 bridgehead atoms. The number of carbonyl (C=O) groups is 4. The van der Waals surface area contributed by atoms with Gasteiger partial charge in [-0.2, -0.15) is 0 Å². The first-order valence-corrected chi connectivity index (χ1v) is 15.1. The van der Waals surface area contributed by atoms with Gasteiger partial charge in [-0.1, -0.05) is 61.3 Å². The summed E-state index contributed by atoms with van der Waals surface area (Å²) in [6.07, 6.45) is 5.10. The van der Waals surface area contributed by atoms with Crippen LogP contribution in [0, 0.1) is 53.3 Å². The number of nitrogens with zero attached hydrogens (tertiary/aromatic N) is 1. The van der Waals surface area contributed by atoms with Gasteiger partial charge in [-0.3, -0.25) is 14.4 Å². The summed E-state index contributed by atoms with van der Waals surface area (Å²) in [5.41, 5.74) is 7.52. The summed E-state index contributed by atoms with van der Waals surface area (Å²) in [5, 5.41) is 4.13. The molecular weight excluding hydrogens is 510 g/mol. The fourth-order valence-corrected chi connectivity index (χ4v) is 6.87. The average Bonchev–Trinajstić information content (AvgIpc) is 2.81. The average molecular weight is 564 g/mol. The maximum atomic E-state index is 13.6. The predicted octanol–water partition coefficient (Wildman–Crippen LogP) is 5.50. The van der Waals surface area contributed by atoms with Gasteiger partial charge in [0, 0.05) is 0 Å². The quantitative estimate of drug-likeness (QED) is 0.112. The summed E-state index contributed by atoms with van der Waals surface area (Å²) in [6, 6.07) is -0.901. The SMILES string of the molecule is CC(=O)[C@@H](C(=O)O[C@@H]1C[C@H](C)CC[C@@H]1C(C)C)[C@H](C)[C@@H](C(C)=O)/C(=N\NC(N)=O)O[C@@H]1C[C@H](C)CC[C@H]1C(C)C. The summed E-state index contributed by atoms with van der Waals surface area (Å²) in [7, 11) is 0. The second kappa shape index (κ2) is 15.0. The van der Waals surface area contributed by atoms with Crippen molar-refractivity contribution in [1.82, 2.24) is 5.43 Å². The first-order valence-electron chi connectivity index (χ1n) is 15.1. The first-order chi connectivity index (χ1) is 18.6. The van der Waals surface area contributed by atoms with Gasteiger partial charge in [0.25, 0.3) is 0 Å². The molecule has 2 rings (SSSR count). The highest BCUT2D eigenvalue weighted by Crippen LogP contribution is 2.38. The molecule has 0 aromatic rings. The van der Waals surface area contributed by atoms with Crippen LogP contribution in [0.25, 0.3) is 0 Å². The molecule has 2 amide bonds. The molecule has 0 aromatic carbocycles. The Bertz CT molecular complexity index is 932. The van der Waals surface area contributed by atoms with Crippen LogP contribution in [0.4, 0.5) is 4.79 Å². The summed E-state index contributed by atoms with van der Waals surface area (Å²) in [5.74, 6) is -2.44. The minimum atomic E-state index is -1.19. The number of urea groups is 1. The van der Waals surface area contributed by atoms with Gasteiger partial charge in [0.15, 0.2) is 0 Å². The second-order valence-corrected chi connectivity index (χ2v) is 13.2. The highest BCUT2D eigenvalue weighted by molar-refractivity contribution is 6.04. The number of hydrogen-bond donors (Lipinski definition) is 2. The number of ether oxygens (including phenoxy) is 2. The lowest BCUT2D eigenvalue weighted by Crippen LogP contribution is -2.46. The van der Waals surface area contributed by atoms with Crippen molar-refractivity contribution in [3.63, 3.8) is 0 Å². The number of ketones is 2. The van der Waals surface area contributed by atoms with Crippen LogP contribution in [-0.4, -0.2) is 41.7 Å². The Morgan fingerprint density at radius 1 is 0.750 bits per heavy atom. The van der Waals surface area contributed by atoms with E-state index in [1.165, 1.54) is 13.8 Å². The number of nitrogens with two attached hydrogens (primary N) is 1. The number of esters is 1. The summed E-state index contributed by atoms with van der Waals surface area (Å²) < 4.78 is 12.5. The van der Waals surface area contributed by atoms with E-state index in [1.807, 2.05) is 0 Å². The van der Waals surface area contributed by atoms with Gasteiger partial charge < -0.3 is 15.2 Å². The molecule has 0 aliphatic heterocycles. The Kier molecular flexibility index (Phi) is 12.6. The fourth-order valence-electron chi connectivity index (χ4n) is 6.87. The molecule has 0 spiro atoms. The summed E-state index contributed by atoms with van der Waals surface area (Å²) in [6.45, 7) is 17.2. The third kappa shape index (κ3) is 9.03. The highest BCUT2D eigenvalue weighted by atomic mass is 16.5. The third-order valence-corrected chi connectivity index (χ3v) is 9.19. The monoisotopic (exact) mass is 563 g/mol. The van der Waals surface area contributed by atoms with E-state index in [2.05, 4.69) is 52.1 Å². The molecule has 9 heteroatoms. The molecule has 0 saturated heterocycles. The Balaban J connectivity index is 2.41. The number of Topliss-reactive ketones (excluding diaryl/α,β-unsaturated/α-hetero) is 2. The van der Waals surface area contributed by atoms with Gasteiger partial charge in [-0.15, -0.1) is 5.10 Å². The van der Waals surface area contributed by atoms with E-state index in [0.29, 0.717) is 23.7 Å². The second-order valence-electron chi connectivity index (χ2n) is 13.2. The van der Waals surface area contributed by atoms with Gasteiger partial charge in [-0.05, 0) is 81.0 Å². The van der Waals surface area contributed by atoms with E-state index in [-0.39, 0.29) is 41.5 Å². The van der Waals surface area contributed by atoms with Crippen molar-refractivity contribution in [2.45, 2.75) is 113 Å². The maximum Gasteiger partial charge on any atom is 0.332 e. The topological polar surface area (TPSA) is 137 Å². The Morgan fingerprint density at radius 3 is 1.60 bits per heavy atom. The largest absolute Gasteiger partial charge is 0.476 e. The standard InChI is InChI=1S/C31H53N3O6/c1-16(2)23-12-10-18(5)14-25(23)39-29(33-34-31(32)38)27(21(8)35)20(7)28(22(9)36)30(37)40-26-15-19(6)11-13-24(26)17(3)4/h16-20,23-28H,10-15H2,1-9H3,(H3,32,34,38)/b33-29+/t18-,19-,20-,23+,24-,25-,26-,27+,28+/m1/s1. The van der Waals surface area contributed by atoms with Crippen LogP contribution in [0.2, 0.25) is 0 Å². The van der Waals surface area contributed by atoms with Crippen LogP contribution in [0.15, 0.2) is 5.10 Å². The van der Waals surface area contributed by atoms with Crippen molar-refractivity contribution < 1.29 is 28.7 Å². The molecule has 0 unspecified atom stereocenters. The maximum absolute atomic E-state index is 13.6. The Hall–Kier alpha value is -2.45. The molecule has 0 radical (unpaired) electrons. The third-order valence-electron chi connectivity index (χ3n) is 9.19. The zero-order chi connectivity index (χ0) is 30.3. The number of rotatable bonds is 11. The lowest BCUT2D eigenvalue weighted by molar-refractivity contribution is -0.165. The van der Waals surface area contributed by atoms with E-state index in [4.69, 9.17) is 15.2 Å². The van der Waals surface area contributed by atoms with Crippen LogP contribution in [0.5, 0.6) is 0 Å². The van der Waals surface area contributed by atoms with E-state index in [9.17, 15) is 19.2 Å². The van der Waals surface area contributed by atoms with Crippen LogP contribution < -0.4 is 11.2 Å². The molecule has 0 heterocycles. The predicted molar refractivity (Wildman–Crippen MR) is 155 cm³/mol. The molecule has 0 aromatic heterocycles. The van der Waals surface area contributed by atoms with Crippen LogP contribution >= 0.6 is 0 Å². The summed E-state index contributed by atoms with van der Waals surface area (Å²) >= 11 is 0. The zero-order valence-corrected chi connectivity index (χ0v) is 26.1. The molecule has 9 nitrogen and oxygen atoms in total. The number of primary amides is 1. The van der Waals surface area contributed by atoms with Gasteiger partial charge in [-0.25, -0.2) is 10.2 Å². The molecule has 2 aliphatic carbocycles. The lowest BCUT2D eigenvalue weighted by atomic mass is 9.74. The number of nitrogens with one attached hydrogen (secondary N) is 1. The Labute approximate surface area is 240 Å². The molecule has 40 heavy (non-hydrogen) atoms. The molecule has 2 aliphatic rings. The van der Waals surface area contributed by atoms with Crippen molar-refractivity contribution in [2.24, 2.45) is 64.1 Å². The minimum Gasteiger partial charge on any atom is -0.476 e. The van der Waals surface area contributed by atoms with Crippen molar-refractivity contribution in [2.75, 3.05) is 0 Å². The first kappa shape index (κ1) is 33.8. The fraction of sp³-hybridized carbons (Fsp3) is 0.839. The summed E-state index contributed by atoms with van der Waals surface area (Å²) in [4.78, 5) is 51.3. The van der Waals surface area contributed by atoms with Crippen molar-refractivity contribution in [3.05, 3.63) is 0 Å². The van der Waals surface area contributed by atoms with Crippen molar-refractivity contribution in [1.29, 1.82) is 0 Å². The van der Waals surface area contributed by atoms with Gasteiger partial charge in [0.2, 0.25) is 5.90 Å². The molecule has 2 fully saturated rings. The number of hydrazone groups is 1. The van der Waals surface area contributed by atoms with Crippen LogP contribution in [0.1, 0.15) is 101 Å². The van der Waals surface area contributed by atoms with Gasteiger partial charge in [0.1, 0.15) is 29.7 Å². The lowest BCUT2D eigenvalue weighted by Gasteiger charge is -2.39. The van der Waals surface area contributed by atoms with Crippen molar-refractivity contribution >= 4 is 29.5 Å². The van der Waals surface area contributed by atoms with Gasteiger partial charge >= 0.3 is 12.0 Å². The molecule has 3 N–H and O–H groups in total. The Morgan fingerprint density at radius 2 is 1.20 bits per heavy atom. The molecule has 228 valence electrons. The molecule has 9 atom stereocenters. The van der Waals surface area contributed by atoms with E-state index >= 15 is 0 Å². The van der Waals surface area contributed by atoms with Gasteiger partial charge in [0.05, 0.1) is 5.92 Å². The van der Waals surface area contributed by atoms with E-state index < -0.39 is 29.8 Å². The van der Waals surface area contributed by atoms with Crippen molar-refractivity contribution in [3.8, 4) is 0 Å². The molecular formula is C31H53N3O6. The molecule has 2 saturated carbocycles. The van der Waals surface area contributed by atoms with E-state index in [1.54, 1.807) is 6.92 Å². The minimum absolute atomic E-state index is 0.0195. The van der Waals surface area contributed by atoms with Crippen LogP contribution in [0.3, 0.4) is 0 Å².